The van der Waals surface area contributed by atoms with Crippen LogP contribution in [-0.4, -0.2) is 19.9 Å². The zero-order valence-electron chi connectivity index (χ0n) is 13.7. The van der Waals surface area contributed by atoms with Gasteiger partial charge in [0.05, 0.1) is 4.92 Å². The Morgan fingerprint density at radius 2 is 1.56 bits per heavy atom. The van der Waals surface area contributed by atoms with Gasteiger partial charge in [-0.2, -0.15) is 0 Å². The highest BCUT2D eigenvalue weighted by molar-refractivity contribution is 5.77. The molecule has 3 rings (SSSR count). The molecule has 1 aromatic carbocycles. The standard InChI is InChI=1S/C17H16N6O2/c1-11-6-3-4-8-13(11)21-16-14(23(24)25)17(20-10-19-16)22-15-12(2)7-5-9-18-15/h3-10H,1-2H3,(H2,18,19,20,21,22). The van der Waals surface area contributed by atoms with Gasteiger partial charge in [0.2, 0.25) is 11.6 Å². The Labute approximate surface area is 144 Å². The van der Waals surface area contributed by atoms with E-state index >= 15 is 0 Å². The molecule has 2 aromatic heterocycles. The van der Waals surface area contributed by atoms with Crippen LogP contribution >= 0.6 is 0 Å². The van der Waals surface area contributed by atoms with Gasteiger partial charge in [-0.3, -0.25) is 10.1 Å². The number of hydrogen-bond donors (Lipinski definition) is 2. The number of hydrogen-bond acceptors (Lipinski definition) is 7. The lowest BCUT2D eigenvalue weighted by atomic mass is 10.2. The molecule has 0 saturated heterocycles. The Morgan fingerprint density at radius 1 is 0.880 bits per heavy atom. The van der Waals surface area contributed by atoms with Crippen molar-refractivity contribution in [3.63, 3.8) is 0 Å². The maximum atomic E-state index is 11.6. The second-order valence-corrected chi connectivity index (χ2v) is 5.41. The van der Waals surface area contributed by atoms with Crippen molar-refractivity contribution in [2.45, 2.75) is 13.8 Å². The summed E-state index contributed by atoms with van der Waals surface area (Å²) in [6.45, 7) is 3.76. The minimum atomic E-state index is -0.513. The number of nitrogens with zero attached hydrogens (tertiary/aromatic N) is 4. The van der Waals surface area contributed by atoms with Crippen LogP contribution in [0, 0.1) is 24.0 Å². The topological polar surface area (TPSA) is 106 Å². The highest BCUT2D eigenvalue weighted by Gasteiger charge is 2.24. The molecule has 3 aromatic rings. The average molecular weight is 336 g/mol. The molecule has 0 unspecified atom stereocenters. The third kappa shape index (κ3) is 3.52. The lowest BCUT2D eigenvalue weighted by Gasteiger charge is -2.12. The number of nitrogens with one attached hydrogen (secondary N) is 2. The lowest BCUT2D eigenvalue weighted by Crippen LogP contribution is -2.07. The Hall–Kier alpha value is -3.55. The van der Waals surface area contributed by atoms with E-state index in [0.717, 1.165) is 16.8 Å². The molecule has 8 heteroatoms. The molecule has 126 valence electrons. The monoisotopic (exact) mass is 336 g/mol. The first kappa shape index (κ1) is 16.3. The van der Waals surface area contributed by atoms with E-state index in [9.17, 15) is 10.1 Å². The summed E-state index contributed by atoms with van der Waals surface area (Å²) >= 11 is 0. The molecule has 0 aliphatic rings. The number of nitro groups is 1. The normalized spacial score (nSPS) is 10.3. The van der Waals surface area contributed by atoms with Gasteiger partial charge in [0.25, 0.3) is 0 Å². The Bertz CT molecular complexity index is 863. The van der Waals surface area contributed by atoms with E-state index in [1.54, 1.807) is 12.3 Å². The smallest absolute Gasteiger partial charge is 0.334 e. The minimum absolute atomic E-state index is 0.0814. The van der Waals surface area contributed by atoms with Gasteiger partial charge in [-0.15, -0.1) is 0 Å². The molecule has 25 heavy (non-hydrogen) atoms. The van der Waals surface area contributed by atoms with Gasteiger partial charge < -0.3 is 10.6 Å². The van der Waals surface area contributed by atoms with Crippen LogP contribution < -0.4 is 10.6 Å². The number of para-hydroxylation sites is 1. The number of pyridine rings is 1. The third-order valence-electron chi connectivity index (χ3n) is 3.65. The summed E-state index contributed by atoms with van der Waals surface area (Å²) in [5.41, 5.74) is 2.30. The Morgan fingerprint density at radius 3 is 2.24 bits per heavy atom. The molecule has 0 radical (unpaired) electrons. The minimum Gasteiger partial charge on any atom is -0.334 e. The van der Waals surface area contributed by atoms with Crippen LogP contribution in [0.1, 0.15) is 11.1 Å². The van der Waals surface area contributed by atoms with Crippen molar-refractivity contribution >= 4 is 28.8 Å². The molecule has 0 fully saturated rings. The van der Waals surface area contributed by atoms with E-state index < -0.39 is 4.92 Å². The fourth-order valence-corrected chi connectivity index (χ4v) is 2.30. The Balaban J connectivity index is 2.02. The molecule has 0 spiro atoms. The summed E-state index contributed by atoms with van der Waals surface area (Å²) in [6.07, 6.45) is 2.88. The molecule has 0 atom stereocenters. The summed E-state index contributed by atoms with van der Waals surface area (Å²) in [5, 5.41) is 17.5. The summed E-state index contributed by atoms with van der Waals surface area (Å²) in [7, 11) is 0. The largest absolute Gasteiger partial charge is 0.353 e. The number of aryl methyl sites for hydroxylation is 2. The quantitative estimate of drug-likeness (QED) is 0.538. The molecule has 0 amide bonds. The zero-order chi connectivity index (χ0) is 17.8. The van der Waals surface area contributed by atoms with E-state index in [1.165, 1.54) is 6.33 Å². The molecule has 0 aliphatic heterocycles. The number of rotatable bonds is 5. The van der Waals surface area contributed by atoms with E-state index in [1.807, 2.05) is 44.2 Å². The summed E-state index contributed by atoms with van der Waals surface area (Å²) in [5.74, 6) is 0.703. The van der Waals surface area contributed by atoms with E-state index in [0.29, 0.717) is 5.82 Å². The van der Waals surface area contributed by atoms with Crippen LogP contribution in [0.3, 0.4) is 0 Å². The lowest BCUT2D eigenvalue weighted by molar-refractivity contribution is -0.383. The van der Waals surface area contributed by atoms with Crippen LogP contribution in [0.25, 0.3) is 0 Å². The first-order valence-electron chi connectivity index (χ1n) is 7.57. The molecule has 0 saturated carbocycles. The first-order valence-corrected chi connectivity index (χ1v) is 7.57. The van der Waals surface area contributed by atoms with E-state index in [-0.39, 0.29) is 17.3 Å². The van der Waals surface area contributed by atoms with Gasteiger partial charge in [-0.25, -0.2) is 15.0 Å². The highest BCUT2D eigenvalue weighted by Crippen LogP contribution is 2.33. The van der Waals surface area contributed by atoms with Gasteiger partial charge in [-0.05, 0) is 37.1 Å². The van der Waals surface area contributed by atoms with Crippen LogP contribution in [-0.2, 0) is 0 Å². The zero-order valence-corrected chi connectivity index (χ0v) is 13.7. The fourth-order valence-electron chi connectivity index (χ4n) is 2.30. The van der Waals surface area contributed by atoms with Gasteiger partial charge in [0, 0.05) is 11.9 Å². The van der Waals surface area contributed by atoms with Crippen molar-refractivity contribution in [2.75, 3.05) is 10.6 Å². The molecule has 0 bridgehead atoms. The molecular weight excluding hydrogens is 320 g/mol. The first-order chi connectivity index (χ1) is 12.1. The number of aromatic nitrogens is 3. The predicted molar refractivity (Wildman–Crippen MR) is 95.4 cm³/mol. The molecule has 8 nitrogen and oxygen atoms in total. The van der Waals surface area contributed by atoms with Gasteiger partial charge in [0.1, 0.15) is 12.1 Å². The summed E-state index contributed by atoms with van der Waals surface area (Å²) < 4.78 is 0. The highest BCUT2D eigenvalue weighted by atomic mass is 16.6. The SMILES string of the molecule is Cc1ccccc1Nc1ncnc(Nc2ncccc2C)c1[N+](=O)[O-]. The van der Waals surface area contributed by atoms with Crippen molar-refractivity contribution in [1.29, 1.82) is 0 Å². The second kappa shape index (κ2) is 6.91. The van der Waals surface area contributed by atoms with Crippen LogP contribution in [0.5, 0.6) is 0 Å². The summed E-state index contributed by atoms with van der Waals surface area (Å²) in [6, 6.07) is 11.1. The summed E-state index contributed by atoms with van der Waals surface area (Å²) in [4.78, 5) is 23.3. The maximum Gasteiger partial charge on any atom is 0.353 e. The van der Waals surface area contributed by atoms with Crippen LogP contribution in [0.4, 0.5) is 28.8 Å². The van der Waals surface area contributed by atoms with Gasteiger partial charge in [-0.1, -0.05) is 24.3 Å². The second-order valence-electron chi connectivity index (χ2n) is 5.41. The Kier molecular flexibility index (Phi) is 4.51. The van der Waals surface area contributed by atoms with Crippen molar-refractivity contribution in [3.8, 4) is 0 Å². The van der Waals surface area contributed by atoms with Crippen molar-refractivity contribution in [3.05, 3.63) is 70.2 Å². The third-order valence-corrected chi connectivity index (χ3v) is 3.65. The average Bonchev–Trinajstić information content (AvgIpc) is 2.59. The van der Waals surface area contributed by atoms with Gasteiger partial charge >= 0.3 is 5.69 Å². The molecule has 2 heterocycles. The fraction of sp³-hybridized carbons (Fsp3) is 0.118. The van der Waals surface area contributed by atoms with Crippen molar-refractivity contribution in [2.24, 2.45) is 0 Å². The maximum absolute atomic E-state index is 11.6. The van der Waals surface area contributed by atoms with E-state index in [4.69, 9.17) is 0 Å². The molecule has 0 aliphatic carbocycles. The molecular formula is C17H16N6O2. The van der Waals surface area contributed by atoms with E-state index in [2.05, 4.69) is 25.6 Å². The number of benzene rings is 1. The molecule has 2 N–H and O–H groups in total. The van der Waals surface area contributed by atoms with Crippen molar-refractivity contribution in [1.82, 2.24) is 15.0 Å². The van der Waals surface area contributed by atoms with Crippen LogP contribution in [0.2, 0.25) is 0 Å². The predicted octanol–water partition coefficient (Wildman–Crippen LogP) is 3.88. The van der Waals surface area contributed by atoms with Crippen LogP contribution in [0.15, 0.2) is 48.9 Å². The number of anilines is 4. The van der Waals surface area contributed by atoms with Crippen molar-refractivity contribution < 1.29 is 4.92 Å². The van der Waals surface area contributed by atoms with Gasteiger partial charge in [0.15, 0.2) is 0 Å².